The molecule has 1 saturated carbocycles. The minimum atomic E-state index is -0.881. The number of rotatable bonds is 2. The van der Waals surface area contributed by atoms with Gasteiger partial charge in [-0.15, -0.1) is 0 Å². The van der Waals surface area contributed by atoms with Crippen molar-refractivity contribution in [1.29, 1.82) is 0 Å². The van der Waals surface area contributed by atoms with Crippen molar-refractivity contribution in [1.82, 2.24) is 19.5 Å². The van der Waals surface area contributed by atoms with Gasteiger partial charge in [-0.05, 0) is 12.8 Å². The molecule has 0 atom stereocenters. The molecular weight excluding hydrogens is 262 g/mol. The Labute approximate surface area is 113 Å². The lowest BCUT2D eigenvalue weighted by Gasteiger charge is -2.06. The zero-order chi connectivity index (χ0) is 13.7. The quantitative estimate of drug-likeness (QED) is 0.720. The Bertz CT molecular complexity index is 794. The van der Waals surface area contributed by atoms with Crippen LogP contribution in [0.15, 0.2) is 30.9 Å². The van der Waals surface area contributed by atoms with Crippen LogP contribution in [-0.4, -0.2) is 19.5 Å². The largest absolute Gasteiger partial charge is 0.321 e. The summed E-state index contributed by atoms with van der Waals surface area (Å²) in [5, 5.41) is 0. The molecule has 6 heteroatoms. The smallest absolute Gasteiger partial charge is 0.161 e. The highest BCUT2D eigenvalue weighted by Crippen LogP contribution is 2.41. The standard InChI is InChI=1S/C14H10F2N4/c15-10-3-12-13(4-11(10)16)20(9-1-2-9)14(19-12)8-5-17-7-18-6-8/h3-7,9H,1-2H2. The van der Waals surface area contributed by atoms with Crippen molar-refractivity contribution in [3.05, 3.63) is 42.5 Å². The molecule has 1 aromatic carbocycles. The van der Waals surface area contributed by atoms with E-state index in [-0.39, 0.29) is 0 Å². The van der Waals surface area contributed by atoms with E-state index in [1.54, 1.807) is 12.4 Å². The Morgan fingerprint density at radius 2 is 1.75 bits per heavy atom. The molecule has 4 nitrogen and oxygen atoms in total. The first-order valence-electron chi connectivity index (χ1n) is 6.36. The van der Waals surface area contributed by atoms with E-state index >= 15 is 0 Å². The minimum absolute atomic E-state index is 0.292. The van der Waals surface area contributed by atoms with Gasteiger partial charge in [0.05, 0.1) is 16.6 Å². The lowest BCUT2D eigenvalue weighted by atomic mass is 10.3. The van der Waals surface area contributed by atoms with Gasteiger partial charge < -0.3 is 4.57 Å². The number of hydrogen-bond acceptors (Lipinski definition) is 3. The predicted octanol–water partition coefficient (Wildman–Crippen LogP) is 3.11. The van der Waals surface area contributed by atoms with Crippen LogP contribution in [0.4, 0.5) is 8.78 Å². The molecule has 1 fully saturated rings. The zero-order valence-electron chi connectivity index (χ0n) is 10.4. The lowest BCUT2D eigenvalue weighted by molar-refractivity contribution is 0.510. The van der Waals surface area contributed by atoms with E-state index in [1.165, 1.54) is 12.4 Å². The maximum absolute atomic E-state index is 13.5. The first-order chi connectivity index (χ1) is 9.74. The van der Waals surface area contributed by atoms with Crippen LogP contribution < -0.4 is 0 Å². The van der Waals surface area contributed by atoms with Crippen molar-refractivity contribution in [2.45, 2.75) is 18.9 Å². The monoisotopic (exact) mass is 272 g/mol. The number of aromatic nitrogens is 4. The Hall–Kier alpha value is -2.37. The fourth-order valence-corrected chi connectivity index (χ4v) is 2.41. The first-order valence-corrected chi connectivity index (χ1v) is 6.36. The second-order valence-electron chi connectivity index (χ2n) is 4.92. The first kappa shape index (κ1) is 11.5. The predicted molar refractivity (Wildman–Crippen MR) is 68.9 cm³/mol. The summed E-state index contributed by atoms with van der Waals surface area (Å²) >= 11 is 0. The highest BCUT2D eigenvalue weighted by atomic mass is 19.2. The third-order valence-corrected chi connectivity index (χ3v) is 3.46. The molecule has 3 aromatic rings. The maximum atomic E-state index is 13.5. The molecule has 4 rings (SSSR count). The van der Waals surface area contributed by atoms with Gasteiger partial charge in [0.1, 0.15) is 12.2 Å². The highest BCUT2D eigenvalue weighted by Gasteiger charge is 2.29. The summed E-state index contributed by atoms with van der Waals surface area (Å²) in [6.07, 6.45) is 6.78. The third kappa shape index (κ3) is 1.68. The van der Waals surface area contributed by atoms with Crippen LogP contribution in [0.25, 0.3) is 22.4 Å². The fraction of sp³-hybridized carbons (Fsp3) is 0.214. The Morgan fingerprint density at radius 1 is 1.05 bits per heavy atom. The van der Waals surface area contributed by atoms with E-state index in [2.05, 4.69) is 15.0 Å². The molecule has 0 radical (unpaired) electrons. The Kier molecular flexibility index (Phi) is 2.33. The Morgan fingerprint density at radius 3 is 2.45 bits per heavy atom. The summed E-state index contributed by atoms with van der Waals surface area (Å²) in [6.45, 7) is 0. The second kappa shape index (κ2) is 4.06. The molecule has 2 aromatic heterocycles. The topological polar surface area (TPSA) is 43.6 Å². The van der Waals surface area contributed by atoms with Gasteiger partial charge in [0, 0.05) is 30.6 Å². The van der Waals surface area contributed by atoms with E-state index in [4.69, 9.17) is 0 Å². The van der Waals surface area contributed by atoms with Gasteiger partial charge in [-0.3, -0.25) is 0 Å². The van der Waals surface area contributed by atoms with E-state index < -0.39 is 11.6 Å². The van der Waals surface area contributed by atoms with Crippen LogP contribution >= 0.6 is 0 Å². The average Bonchev–Trinajstić information content (AvgIpc) is 3.23. The molecule has 0 spiro atoms. The molecule has 20 heavy (non-hydrogen) atoms. The highest BCUT2D eigenvalue weighted by molar-refractivity contribution is 5.81. The SMILES string of the molecule is Fc1cc2nc(-c3cncnc3)n(C3CC3)c2cc1F. The molecule has 1 aliphatic carbocycles. The van der Waals surface area contributed by atoms with Gasteiger partial charge in [0.15, 0.2) is 11.6 Å². The molecule has 0 saturated heterocycles. The fourth-order valence-electron chi connectivity index (χ4n) is 2.41. The molecule has 1 aliphatic rings. The van der Waals surface area contributed by atoms with Crippen molar-refractivity contribution < 1.29 is 8.78 Å². The van der Waals surface area contributed by atoms with Crippen molar-refractivity contribution in [3.63, 3.8) is 0 Å². The van der Waals surface area contributed by atoms with Crippen molar-refractivity contribution >= 4 is 11.0 Å². The van der Waals surface area contributed by atoms with Crippen LogP contribution in [0, 0.1) is 11.6 Å². The summed E-state index contributed by atoms with van der Waals surface area (Å²) in [5.41, 5.74) is 1.82. The van der Waals surface area contributed by atoms with E-state index in [1.807, 2.05) is 4.57 Å². The molecule has 100 valence electrons. The van der Waals surface area contributed by atoms with E-state index in [0.717, 1.165) is 24.5 Å². The van der Waals surface area contributed by atoms with Crippen LogP contribution in [0.5, 0.6) is 0 Å². The lowest BCUT2D eigenvalue weighted by Crippen LogP contribution is -1.98. The normalized spacial score (nSPS) is 14.9. The van der Waals surface area contributed by atoms with Crippen molar-refractivity contribution in [2.24, 2.45) is 0 Å². The molecule has 2 heterocycles. The summed E-state index contributed by atoms with van der Waals surface area (Å²) in [5.74, 6) is -1.07. The molecule has 0 unspecified atom stereocenters. The zero-order valence-corrected chi connectivity index (χ0v) is 10.4. The van der Waals surface area contributed by atoms with Crippen molar-refractivity contribution in [3.8, 4) is 11.4 Å². The van der Waals surface area contributed by atoms with Crippen LogP contribution in [0.3, 0.4) is 0 Å². The Balaban J connectivity index is 2.03. The molecular formula is C14H10F2N4. The van der Waals surface area contributed by atoms with Gasteiger partial charge in [-0.25, -0.2) is 23.7 Å². The molecule has 0 aliphatic heterocycles. The van der Waals surface area contributed by atoms with Gasteiger partial charge in [-0.2, -0.15) is 0 Å². The van der Waals surface area contributed by atoms with Crippen LogP contribution in [0.2, 0.25) is 0 Å². The minimum Gasteiger partial charge on any atom is -0.321 e. The summed E-state index contributed by atoms with van der Waals surface area (Å²) < 4.78 is 28.8. The molecule has 0 amide bonds. The van der Waals surface area contributed by atoms with Crippen LogP contribution in [-0.2, 0) is 0 Å². The molecule has 0 N–H and O–H groups in total. The van der Waals surface area contributed by atoms with Gasteiger partial charge >= 0.3 is 0 Å². The van der Waals surface area contributed by atoms with Crippen LogP contribution in [0.1, 0.15) is 18.9 Å². The second-order valence-corrected chi connectivity index (χ2v) is 4.92. The summed E-state index contributed by atoms with van der Waals surface area (Å²) in [4.78, 5) is 12.4. The number of benzene rings is 1. The molecule has 0 bridgehead atoms. The number of halogens is 2. The average molecular weight is 272 g/mol. The van der Waals surface area contributed by atoms with Gasteiger partial charge in [-0.1, -0.05) is 0 Å². The number of fused-ring (bicyclic) bond motifs is 1. The van der Waals surface area contributed by atoms with E-state index in [9.17, 15) is 8.78 Å². The maximum Gasteiger partial charge on any atom is 0.161 e. The summed E-state index contributed by atoms with van der Waals surface area (Å²) in [6, 6.07) is 2.64. The van der Waals surface area contributed by atoms with Crippen molar-refractivity contribution in [2.75, 3.05) is 0 Å². The number of imidazole rings is 1. The van der Waals surface area contributed by atoms with E-state index in [0.29, 0.717) is 22.9 Å². The number of hydrogen-bond donors (Lipinski definition) is 0. The summed E-state index contributed by atoms with van der Waals surface area (Å²) in [7, 11) is 0. The number of nitrogens with zero attached hydrogens (tertiary/aromatic N) is 4. The van der Waals surface area contributed by atoms with Gasteiger partial charge in [0.25, 0.3) is 0 Å². The van der Waals surface area contributed by atoms with Gasteiger partial charge in [0.2, 0.25) is 0 Å². The third-order valence-electron chi connectivity index (χ3n) is 3.46.